The summed E-state index contributed by atoms with van der Waals surface area (Å²) in [5.74, 6) is -0.0847. The number of urea groups is 1. The maximum atomic E-state index is 12.6. The molecule has 1 heterocycles. The maximum Gasteiger partial charge on any atom is 0.319 e. The Kier molecular flexibility index (Phi) is 6.43. The van der Waals surface area contributed by atoms with Crippen LogP contribution in [0.4, 0.5) is 10.5 Å². The number of anilines is 1. The van der Waals surface area contributed by atoms with Crippen LogP contribution in [0.2, 0.25) is 0 Å². The fourth-order valence-electron chi connectivity index (χ4n) is 2.49. The van der Waals surface area contributed by atoms with Crippen molar-refractivity contribution in [3.63, 3.8) is 0 Å². The molecule has 2 aromatic carbocycles. The first-order valence-corrected chi connectivity index (χ1v) is 10.9. The molecule has 2 N–H and O–H groups in total. The van der Waals surface area contributed by atoms with E-state index in [-0.39, 0.29) is 16.7 Å². The summed E-state index contributed by atoms with van der Waals surface area (Å²) in [6.07, 6.45) is 3.33. The van der Waals surface area contributed by atoms with Gasteiger partial charge in [-0.25, -0.2) is 13.2 Å². The number of nitrogens with zero attached hydrogens (tertiary/aromatic N) is 1. The van der Waals surface area contributed by atoms with Gasteiger partial charge in [0.15, 0.2) is 9.84 Å². The number of hydrogen-bond donors (Lipinski definition) is 2. The third-order valence-corrected chi connectivity index (χ3v) is 6.15. The minimum Gasteiger partial charge on any atom is -0.334 e. The molecular weight excluding hydrogens is 442 g/mol. The molecule has 2 amide bonds. The second-order valence-corrected chi connectivity index (χ2v) is 8.98. The number of carbonyl (C=O) groups is 1. The Morgan fingerprint density at radius 1 is 0.964 bits per heavy atom. The molecule has 0 atom stereocenters. The Balaban J connectivity index is 1.59. The third kappa shape index (κ3) is 5.64. The van der Waals surface area contributed by atoms with E-state index in [0.717, 1.165) is 10.0 Å². The lowest BCUT2D eigenvalue weighted by Gasteiger charge is -2.09. The molecular formula is C20H18BrN3O3S. The molecule has 0 saturated heterocycles. The second kappa shape index (κ2) is 8.99. The Morgan fingerprint density at radius 2 is 1.68 bits per heavy atom. The smallest absolute Gasteiger partial charge is 0.319 e. The van der Waals surface area contributed by atoms with Crippen LogP contribution in [0.3, 0.4) is 0 Å². The topological polar surface area (TPSA) is 88.2 Å². The predicted molar refractivity (Wildman–Crippen MR) is 112 cm³/mol. The molecule has 0 radical (unpaired) electrons. The van der Waals surface area contributed by atoms with Crippen LogP contribution in [0.15, 0.2) is 82.4 Å². The molecule has 0 unspecified atom stereocenters. The molecule has 0 fully saturated rings. The zero-order valence-electron chi connectivity index (χ0n) is 14.8. The van der Waals surface area contributed by atoms with Crippen LogP contribution in [0, 0.1) is 0 Å². The summed E-state index contributed by atoms with van der Waals surface area (Å²) in [7, 11) is -3.47. The lowest BCUT2D eigenvalue weighted by Crippen LogP contribution is -2.28. The molecule has 6 nitrogen and oxygen atoms in total. The predicted octanol–water partition coefficient (Wildman–Crippen LogP) is 4.14. The molecule has 0 saturated carbocycles. The number of hydrogen-bond acceptors (Lipinski definition) is 4. The minimum atomic E-state index is -3.47. The third-order valence-electron chi connectivity index (χ3n) is 3.92. The van der Waals surface area contributed by atoms with E-state index < -0.39 is 9.84 Å². The number of carbonyl (C=O) groups excluding carboxylic acids is 1. The van der Waals surface area contributed by atoms with Crippen LogP contribution in [0.5, 0.6) is 0 Å². The molecule has 0 spiro atoms. The highest BCUT2D eigenvalue weighted by Crippen LogP contribution is 2.20. The Hall–Kier alpha value is -2.71. The highest BCUT2D eigenvalue weighted by molar-refractivity contribution is 9.10. The Labute approximate surface area is 172 Å². The molecule has 0 aliphatic rings. The fourth-order valence-corrected chi connectivity index (χ4v) is 4.10. The fraction of sp³-hybridized carbons (Fsp3) is 0.100. The van der Waals surface area contributed by atoms with Gasteiger partial charge in [-0.1, -0.05) is 34.1 Å². The molecule has 28 heavy (non-hydrogen) atoms. The van der Waals surface area contributed by atoms with Crippen molar-refractivity contribution in [1.29, 1.82) is 0 Å². The maximum absolute atomic E-state index is 12.6. The zero-order valence-corrected chi connectivity index (χ0v) is 17.2. The van der Waals surface area contributed by atoms with E-state index in [1.165, 1.54) is 12.1 Å². The van der Waals surface area contributed by atoms with Crippen LogP contribution < -0.4 is 10.6 Å². The summed E-state index contributed by atoms with van der Waals surface area (Å²) in [6.45, 7) is 0.347. The number of amides is 2. The summed E-state index contributed by atoms with van der Waals surface area (Å²) < 4.78 is 26.0. The number of pyridine rings is 1. The van der Waals surface area contributed by atoms with Crippen LogP contribution in [-0.2, 0) is 22.1 Å². The second-order valence-electron chi connectivity index (χ2n) is 6.08. The van der Waals surface area contributed by atoms with Crippen LogP contribution in [0.1, 0.15) is 11.1 Å². The Morgan fingerprint density at radius 3 is 2.32 bits per heavy atom. The summed E-state index contributed by atoms with van der Waals surface area (Å²) in [6, 6.07) is 16.5. The van der Waals surface area contributed by atoms with Crippen LogP contribution in [0.25, 0.3) is 0 Å². The van der Waals surface area contributed by atoms with Crippen molar-refractivity contribution in [3.05, 3.63) is 88.7 Å². The van der Waals surface area contributed by atoms with Gasteiger partial charge in [-0.15, -0.1) is 0 Å². The lowest BCUT2D eigenvalue weighted by atomic mass is 10.2. The minimum absolute atomic E-state index is 0.0847. The van der Waals surface area contributed by atoms with E-state index >= 15 is 0 Å². The summed E-state index contributed by atoms with van der Waals surface area (Å²) in [5, 5.41) is 5.39. The molecule has 0 aliphatic heterocycles. The standard InChI is InChI=1S/C20H18BrN3O3S/c21-17-5-3-15(4-6-17)14-28(26,27)19-9-7-18(8-10-19)24-20(25)23-13-16-2-1-11-22-12-16/h1-12H,13-14H2,(H2,23,24,25). The highest BCUT2D eigenvalue weighted by atomic mass is 79.9. The first-order chi connectivity index (χ1) is 13.4. The molecule has 3 aromatic rings. The average Bonchev–Trinajstić information content (AvgIpc) is 2.69. The van der Waals surface area contributed by atoms with Gasteiger partial charge in [0, 0.05) is 29.1 Å². The summed E-state index contributed by atoms with van der Waals surface area (Å²) >= 11 is 3.33. The summed E-state index contributed by atoms with van der Waals surface area (Å²) in [5.41, 5.74) is 2.10. The number of nitrogens with one attached hydrogen (secondary N) is 2. The van der Waals surface area contributed by atoms with E-state index in [4.69, 9.17) is 0 Å². The monoisotopic (exact) mass is 459 g/mol. The number of benzene rings is 2. The number of rotatable bonds is 6. The van der Waals surface area contributed by atoms with Crippen molar-refractivity contribution in [1.82, 2.24) is 10.3 Å². The first-order valence-electron chi connectivity index (χ1n) is 8.43. The van der Waals surface area contributed by atoms with E-state index in [2.05, 4.69) is 31.5 Å². The molecule has 0 aliphatic carbocycles. The van der Waals surface area contributed by atoms with Crippen molar-refractivity contribution < 1.29 is 13.2 Å². The van der Waals surface area contributed by atoms with Gasteiger partial charge in [-0.3, -0.25) is 4.98 Å². The highest BCUT2D eigenvalue weighted by Gasteiger charge is 2.15. The van der Waals surface area contributed by atoms with Gasteiger partial charge >= 0.3 is 6.03 Å². The van der Waals surface area contributed by atoms with Gasteiger partial charge in [0.05, 0.1) is 10.6 Å². The van der Waals surface area contributed by atoms with Gasteiger partial charge in [-0.2, -0.15) is 0 Å². The molecule has 0 bridgehead atoms. The van der Waals surface area contributed by atoms with Gasteiger partial charge in [0.1, 0.15) is 0 Å². The average molecular weight is 460 g/mol. The van der Waals surface area contributed by atoms with E-state index in [1.54, 1.807) is 42.7 Å². The first kappa shape index (κ1) is 20.0. The van der Waals surface area contributed by atoms with Crippen molar-refractivity contribution in [3.8, 4) is 0 Å². The molecule has 1 aromatic heterocycles. The number of aromatic nitrogens is 1. The van der Waals surface area contributed by atoms with Gasteiger partial charge in [0.2, 0.25) is 0 Å². The SMILES string of the molecule is O=C(NCc1cccnc1)Nc1ccc(S(=O)(=O)Cc2ccc(Br)cc2)cc1. The van der Waals surface area contributed by atoms with E-state index in [1.807, 2.05) is 18.2 Å². The molecule has 144 valence electrons. The summed E-state index contributed by atoms with van der Waals surface area (Å²) in [4.78, 5) is 16.2. The lowest BCUT2D eigenvalue weighted by molar-refractivity contribution is 0.251. The van der Waals surface area contributed by atoms with E-state index in [9.17, 15) is 13.2 Å². The van der Waals surface area contributed by atoms with Gasteiger partial charge in [0.25, 0.3) is 0 Å². The Bertz CT molecular complexity index is 1040. The molecule has 8 heteroatoms. The largest absolute Gasteiger partial charge is 0.334 e. The number of halogens is 1. The van der Waals surface area contributed by atoms with Gasteiger partial charge in [-0.05, 0) is 53.6 Å². The van der Waals surface area contributed by atoms with Crippen molar-refractivity contribution in [2.45, 2.75) is 17.2 Å². The quantitative estimate of drug-likeness (QED) is 0.579. The van der Waals surface area contributed by atoms with Crippen molar-refractivity contribution in [2.24, 2.45) is 0 Å². The van der Waals surface area contributed by atoms with Gasteiger partial charge < -0.3 is 10.6 Å². The van der Waals surface area contributed by atoms with Crippen LogP contribution in [-0.4, -0.2) is 19.4 Å². The normalized spacial score (nSPS) is 11.0. The zero-order chi connectivity index (χ0) is 20.0. The number of sulfone groups is 1. The van der Waals surface area contributed by atoms with Crippen LogP contribution >= 0.6 is 15.9 Å². The molecule has 3 rings (SSSR count). The van der Waals surface area contributed by atoms with Crippen molar-refractivity contribution in [2.75, 3.05) is 5.32 Å². The van der Waals surface area contributed by atoms with Crippen molar-refractivity contribution >= 4 is 37.5 Å². The van der Waals surface area contributed by atoms with E-state index in [0.29, 0.717) is 17.8 Å².